The van der Waals surface area contributed by atoms with E-state index in [1.165, 1.54) is 17.8 Å². The number of hydrogen-bond acceptors (Lipinski definition) is 6. The van der Waals surface area contributed by atoms with Crippen molar-refractivity contribution in [2.75, 3.05) is 24.6 Å². The molecule has 3 rings (SSSR count). The van der Waals surface area contributed by atoms with Gasteiger partial charge in [-0.2, -0.15) is 0 Å². The molecule has 1 saturated heterocycles. The van der Waals surface area contributed by atoms with E-state index < -0.39 is 0 Å². The number of thiazole rings is 1. The first kappa shape index (κ1) is 13.3. The van der Waals surface area contributed by atoms with Gasteiger partial charge >= 0.3 is 0 Å². The van der Waals surface area contributed by atoms with Crippen LogP contribution >= 0.6 is 11.3 Å². The van der Waals surface area contributed by atoms with Gasteiger partial charge in [-0.05, 0) is 25.3 Å². The fourth-order valence-corrected chi connectivity index (χ4v) is 2.90. The Balaban J connectivity index is 1.57. The maximum atomic E-state index is 5.73. The topological polar surface area (TPSA) is 51.1 Å². The molecule has 0 aromatic carbocycles. The Morgan fingerprint density at radius 2 is 2.20 bits per heavy atom. The summed E-state index contributed by atoms with van der Waals surface area (Å²) in [5.41, 5.74) is 1.09. The monoisotopic (exact) mass is 290 g/mol. The lowest BCUT2D eigenvalue weighted by Crippen LogP contribution is -2.38. The number of aryl methyl sites for hydroxylation is 1. The van der Waals surface area contributed by atoms with E-state index in [0.717, 1.165) is 42.8 Å². The summed E-state index contributed by atoms with van der Waals surface area (Å²) in [6.07, 6.45) is 7.86. The van der Waals surface area contributed by atoms with Crippen molar-refractivity contribution in [1.82, 2.24) is 15.0 Å². The van der Waals surface area contributed by atoms with Gasteiger partial charge in [-0.1, -0.05) is 11.3 Å². The molecule has 1 atom stereocenters. The van der Waals surface area contributed by atoms with Crippen molar-refractivity contribution in [1.29, 1.82) is 0 Å². The lowest BCUT2D eigenvalue weighted by Gasteiger charge is -2.32. The normalized spacial score (nSPS) is 19.1. The van der Waals surface area contributed by atoms with Crippen LogP contribution in [0, 0.1) is 12.8 Å². The molecule has 5 nitrogen and oxygen atoms in total. The largest absolute Gasteiger partial charge is 0.470 e. The van der Waals surface area contributed by atoms with E-state index in [2.05, 4.69) is 19.9 Å². The first-order chi connectivity index (χ1) is 9.81. The summed E-state index contributed by atoms with van der Waals surface area (Å²) >= 11 is 1.54. The molecular formula is C14H18N4OS. The van der Waals surface area contributed by atoms with Crippen molar-refractivity contribution in [3.63, 3.8) is 0 Å². The third kappa shape index (κ3) is 3.25. The molecule has 2 aromatic heterocycles. The molecule has 0 N–H and O–H groups in total. The second-order valence-corrected chi connectivity index (χ2v) is 5.98. The highest BCUT2D eigenvalue weighted by molar-refractivity contribution is 7.11. The van der Waals surface area contributed by atoms with Crippen LogP contribution in [-0.2, 0) is 0 Å². The van der Waals surface area contributed by atoms with E-state index in [0.29, 0.717) is 5.92 Å². The number of piperidine rings is 1. The third-order valence-electron chi connectivity index (χ3n) is 3.42. The van der Waals surface area contributed by atoms with Crippen molar-refractivity contribution < 1.29 is 4.74 Å². The summed E-state index contributed by atoms with van der Waals surface area (Å²) in [6.45, 7) is 4.70. The van der Waals surface area contributed by atoms with Gasteiger partial charge in [-0.3, -0.25) is 0 Å². The van der Waals surface area contributed by atoms with Gasteiger partial charge in [0.1, 0.15) is 0 Å². The summed E-state index contributed by atoms with van der Waals surface area (Å²) in [4.78, 5) is 15.2. The second-order valence-electron chi connectivity index (χ2n) is 5.12. The summed E-state index contributed by atoms with van der Waals surface area (Å²) in [5, 5.41) is 2.69. The fourth-order valence-electron chi connectivity index (χ4n) is 2.40. The Labute approximate surface area is 122 Å². The average molecular weight is 290 g/mol. The smallest absolute Gasteiger partial charge is 0.273 e. The number of aromatic nitrogens is 3. The molecule has 20 heavy (non-hydrogen) atoms. The SMILES string of the molecule is Cc1cnc(N2CCCC(COc3nccs3)C2)nc1. The molecule has 1 fully saturated rings. The van der Waals surface area contributed by atoms with Crippen molar-refractivity contribution in [2.24, 2.45) is 5.92 Å². The Morgan fingerprint density at radius 1 is 1.35 bits per heavy atom. The van der Waals surface area contributed by atoms with Crippen LogP contribution in [0.5, 0.6) is 5.19 Å². The minimum Gasteiger partial charge on any atom is -0.470 e. The van der Waals surface area contributed by atoms with Gasteiger partial charge in [0.05, 0.1) is 6.61 Å². The second kappa shape index (κ2) is 6.17. The van der Waals surface area contributed by atoms with Gasteiger partial charge in [0.15, 0.2) is 0 Å². The molecule has 0 aliphatic carbocycles. The highest BCUT2D eigenvalue weighted by atomic mass is 32.1. The first-order valence-corrected chi connectivity index (χ1v) is 7.75. The van der Waals surface area contributed by atoms with Gasteiger partial charge in [-0.25, -0.2) is 15.0 Å². The number of rotatable bonds is 4. The maximum Gasteiger partial charge on any atom is 0.273 e. The van der Waals surface area contributed by atoms with E-state index in [9.17, 15) is 0 Å². The van der Waals surface area contributed by atoms with Crippen LogP contribution in [0.15, 0.2) is 24.0 Å². The van der Waals surface area contributed by atoms with Crippen molar-refractivity contribution >= 4 is 17.3 Å². The molecule has 6 heteroatoms. The van der Waals surface area contributed by atoms with Crippen molar-refractivity contribution in [3.05, 3.63) is 29.5 Å². The zero-order valence-corrected chi connectivity index (χ0v) is 12.3. The minimum atomic E-state index is 0.512. The molecule has 3 heterocycles. The first-order valence-electron chi connectivity index (χ1n) is 6.87. The van der Waals surface area contributed by atoms with Crippen LogP contribution in [0.1, 0.15) is 18.4 Å². The molecular weight excluding hydrogens is 272 g/mol. The quantitative estimate of drug-likeness (QED) is 0.866. The van der Waals surface area contributed by atoms with Gasteiger partial charge in [0.25, 0.3) is 5.19 Å². The highest BCUT2D eigenvalue weighted by Crippen LogP contribution is 2.22. The Kier molecular flexibility index (Phi) is 4.11. The van der Waals surface area contributed by atoms with E-state index in [-0.39, 0.29) is 0 Å². The molecule has 0 bridgehead atoms. The fraction of sp³-hybridized carbons (Fsp3) is 0.500. The molecule has 2 aromatic rings. The summed E-state index contributed by atoms with van der Waals surface area (Å²) in [5.74, 6) is 1.34. The number of hydrogen-bond donors (Lipinski definition) is 0. The van der Waals surface area contributed by atoms with E-state index in [4.69, 9.17) is 4.74 Å². The van der Waals surface area contributed by atoms with E-state index >= 15 is 0 Å². The Bertz CT molecular complexity index is 529. The molecule has 106 valence electrons. The zero-order valence-electron chi connectivity index (χ0n) is 11.5. The van der Waals surface area contributed by atoms with Crippen LogP contribution in [0.3, 0.4) is 0 Å². The van der Waals surface area contributed by atoms with Gasteiger partial charge in [0, 0.05) is 43.0 Å². The lowest BCUT2D eigenvalue weighted by molar-refractivity contribution is 0.227. The summed E-state index contributed by atoms with van der Waals surface area (Å²) in [6, 6.07) is 0. The Hall–Kier alpha value is -1.69. The average Bonchev–Trinajstić information content (AvgIpc) is 3.00. The van der Waals surface area contributed by atoms with Crippen molar-refractivity contribution in [3.8, 4) is 5.19 Å². The third-order valence-corrected chi connectivity index (χ3v) is 4.10. The van der Waals surface area contributed by atoms with Gasteiger partial charge < -0.3 is 9.64 Å². The molecule has 1 aliphatic heterocycles. The number of anilines is 1. The van der Waals surface area contributed by atoms with Crippen LogP contribution in [0.4, 0.5) is 5.95 Å². The molecule has 0 amide bonds. The van der Waals surface area contributed by atoms with Gasteiger partial charge in [0.2, 0.25) is 5.95 Å². The molecule has 0 saturated carbocycles. The predicted molar refractivity (Wildman–Crippen MR) is 79.3 cm³/mol. The zero-order chi connectivity index (χ0) is 13.8. The summed E-state index contributed by atoms with van der Waals surface area (Å²) in [7, 11) is 0. The molecule has 1 unspecified atom stereocenters. The van der Waals surface area contributed by atoms with Crippen LogP contribution in [0.2, 0.25) is 0 Å². The maximum absolute atomic E-state index is 5.73. The van der Waals surface area contributed by atoms with Gasteiger partial charge in [-0.15, -0.1) is 0 Å². The lowest BCUT2D eigenvalue weighted by atomic mass is 9.99. The predicted octanol–water partition coefficient (Wildman–Crippen LogP) is 2.54. The highest BCUT2D eigenvalue weighted by Gasteiger charge is 2.22. The number of nitrogens with zero attached hydrogens (tertiary/aromatic N) is 4. The van der Waals surface area contributed by atoms with Crippen LogP contribution < -0.4 is 9.64 Å². The van der Waals surface area contributed by atoms with Crippen LogP contribution in [-0.4, -0.2) is 34.6 Å². The molecule has 1 aliphatic rings. The summed E-state index contributed by atoms with van der Waals surface area (Å²) < 4.78 is 5.73. The molecule has 0 spiro atoms. The number of ether oxygens (including phenoxy) is 1. The van der Waals surface area contributed by atoms with Crippen molar-refractivity contribution in [2.45, 2.75) is 19.8 Å². The van der Waals surface area contributed by atoms with Crippen LogP contribution in [0.25, 0.3) is 0 Å². The standard InChI is InChI=1S/C14H18N4OS/c1-11-7-16-13(17-8-11)18-5-2-3-12(9-18)10-19-14-15-4-6-20-14/h4,6-8,12H,2-3,5,9-10H2,1H3. The van der Waals surface area contributed by atoms with E-state index in [1.54, 1.807) is 6.20 Å². The van der Waals surface area contributed by atoms with E-state index in [1.807, 2.05) is 24.7 Å². The molecule has 0 radical (unpaired) electrons. The minimum absolute atomic E-state index is 0.512. The Morgan fingerprint density at radius 3 is 2.95 bits per heavy atom.